The van der Waals surface area contributed by atoms with Crippen LogP contribution in [-0.4, -0.2) is 11.6 Å². The van der Waals surface area contributed by atoms with E-state index in [-0.39, 0.29) is 0 Å². The van der Waals surface area contributed by atoms with Gasteiger partial charge in [0.25, 0.3) is 0 Å². The fraction of sp³-hybridized carbons (Fsp3) is 0.333. The molecule has 0 spiro atoms. The molecule has 1 heterocycles. The summed E-state index contributed by atoms with van der Waals surface area (Å²) >= 11 is 0. The van der Waals surface area contributed by atoms with Gasteiger partial charge < -0.3 is 9.94 Å². The Bertz CT molecular complexity index is 405. The quantitative estimate of drug-likeness (QED) is 0.330. The zero-order valence-corrected chi connectivity index (χ0v) is 9.64. The molecule has 0 aliphatic carbocycles. The largest absolute Gasteiger partial charge is 0.618 e. The first-order chi connectivity index (χ1) is 7.38. The highest BCUT2D eigenvalue weighted by atomic mass is 16.6. The molecule has 1 aromatic heterocycles. The first-order valence-corrected chi connectivity index (χ1v) is 4.98. The van der Waals surface area contributed by atoms with Crippen LogP contribution in [0.4, 0.5) is 0 Å². The molecule has 4 nitrogen and oxygen atoms in total. The number of hydrogen-bond acceptors (Lipinski definition) is 3. The Morgan fingerprint density at radius 2 is 2.12 bits per heavy atom. The smallest absolute Gasteiger partial charge is 0.331 e. The van der Waals surface area contributed by atoms with Crippen molar-refractivity contribution in [2.24, 2.45) is 0 Å². The van der Waals surface area contributed by atoms with Crippen molar-refractivity contribution >= 4 is 12.0 Å². The van der Waals surface area contributed by atoms with Crippen molar-refractivity contribution < 1.29 is 14.3 Å². The fourth-order valence-electron chi connectivity index (χ4n) is 1.06. The van der Waals surface area contributed by atoms with E-state index >= 15 is 0 Å². The molecular weight excluding hydrogens is 206 g/mol. The van der Waals surface area contributed by atoms with E-state index in [1.807, 2.05) is 0 Å². The summed E-state index contributed by atoms with van der Waals surface area (Å²) < 4.78 is 5.74. The first kappa shape index (κ1) is 12.2. The van der Waals surface area contributed by atoms with Crippen LogP contribution in [0.1, 0.15) is 26.5 Å². The molecule has 86 valence electrons. The molecular formula is C12H15NO3. The maximum atomic E-state index is 11.3. The van der Waals surface area contributed by atoms with E-state index in [0.29, 0.717) is 10.4 Å². The molecule has 0 aromatic carbocycles. The molecule has 0 amide bonds. The van der Waals surface area contributed by atoms with E-state index in [9.17, 15) is 10.0 Å². The van der Waals surface area contributed by atoms with E-state index < -0.39 is 11.6 Å². The molecule has 0 atom stereocenters. The van der Waals surface area contributed by atoms with Gasteiger partial charge in [-0.1, -0.05) is 0 Å². The summed E-state index contributed by atoms with van der Waals surface area (Å²) in [5.74, 6) is -0.462. The Kier molecular flexibility index (Phi) is 3.66. The second kappa shape index (κ2) is 4.79. The number of pyridine rings is 1. The third-order valence-corrected chi connectivity index (χ3v) is 1.65. The summed E-state index contributed by atoms with van der Waals surface area (Å²) in [6.07, 6.45) is 4.05. The number of carbonyl (C=O) groups excluding carboxylic acids is 1. The molecule has 4 heteroatoms. The molecule has 0 aliphatic heterocycles. The van der Waals surface area contributed by atoms with Crippen molar-refractivity contribution in [2.45, 2.75) is 26.4 Å². The topological polar surface area (TPSA) is 53.2 Å². The molecule has 1 rings (SSSR count). The highest BCUT2D eigenvalue weighted by Gasteiger charge is 2.14. The van der Waals surface area contributed by atoms with Gasteiger partial charge >= 0.3 is 5.97 Å². The lowest BCUT2D eigenvalue weighted by Crippen LogP contribution is -2.28. The Morgan fingerprint density at radius 3 is 2.69 bits per heavy atom. The summed E-state index contributed by atoms with van der Waals surface area (Å²) in [5.41, 5.74) is -0.126. The maximum absolute atomic E-state index is 11.3. The average Bonchev–Trinajstić information content (AvgIpc) is 2.14. The van der Waals surface area contributed by atoms with Crippen LogP contribution in [0.5, 0.6) is 0 Å². The van der Waals surface area contributed by atoms with Crippen molar-refractivity contribution in [1.29, 1.82) is 0 Å². The lowest BCUT2D eigenvalue weighted by Gasteiger charge is -2.17. The fourth-order valence-corrected chi connectivity index (χ4v) is 1.06. The summed E-state index contributed by atoms with van der Waals surface area (Å²) in [7, 11) is 0. The third-order valence-electron chi connectivity index (χ3n) is 1.65. The Morgan fingerprint density at radius 1 is 1.44 bits per heavy atom. The number of hydrogen-bond donors (Lipinski definition) is 0. The second-order valence-electron chi connectivity index (χ2n) is 4.32. The summed E-state index contributed by atoms with van der Waals surface area (Å²) in [4.78, 5) is 11.3. The van der Waals surface area contributed by atoms with Gasteiger partial charge in [-0.15, -0.1) is 0 Å². The number of ether oxygens (including phenoxy) is 1. The van der Waals surface area contributed by atoms with Gasteiger partial charge in [0.1, 0.15) is 5.60 Å². The third kappa shape index (κ3) is 4.13. The van der Waals surface area contributed by atoms with E-state index in [1.165, 1.54) is 18.3 Å². The lowest BCUT2D eigenvalue weighted by atomic mass is 10.2. The standard InChI is InChI=1S/C12H15NO3/c1-12(2,3)16-11(14)8-7-10-6-4-5-9-13(10)15/h4-9H,1-3H3/b8-7+. The predicted octanol–water partition coefficient (Wildman–Crippen LogP) is 1.67. The minimum absolute atomic E-state index is 0.397. The van der Waals surface area contributed by atoms with Crippen LogP contribution >= 0.6 is 0 Å². The van der Waals surface area contributed by atoms with Gasteiger partial charge in [-0.3, -0.25) is 0 Å². The molecule has 0 saturated carbocycles. The molecule has 16 heavy (non-hydrogen) atoms. The van der Waals surface area contributed by atoms with E-state index in [4.69, 9.17) is 4.74 Å². The Balaban J connectivity index is 2.68. The number of esters is 1. The lowest BCUT2D eigenvalue weighted by molar-refractivity contribution is -0.607. The van der Waals surface area contributed by atoms with E-state index in [2.05, 4.69) is 0 Å². The molecule has 1 aromatic rings. The second-order valence-corrected chi connectivity index (χ2v) is 4.32. The number of rotatable bonds is 2. The summed E-state index contributed by atoms with van der Waals surface area (Å²) in [5, 5.41) is 11.2. The number of aromatic nitrogens is 1. The van der Waals surface area contributed by atoms with Gasteiger partial charge in [0.05, 0.1) is 0 Å². The molecule has 0 radical (unpaired) electrons. The van der Waals surface area contributed by atoms with Crippen molar-refractivity contribution in [1.82, 2.24) is 0 Å². The maximum Gasteiger partial charge on any atom is 0.331 e. The predicted molar refractivity (Wildman–Crippen MR) is 60.3 cm³/mol. The minimum atomic E-state index is -0.522. The average molecular weight is 221 g/mol. The zero-order chi connectivity index (χ0) is 12.2. The van der Waals surface area contributed by atoms with Crippen LogP contribution < -0.4 is 4.73 Å². The van der Waals surface area contributed by atoms with Crippen molar-refractivity contribution in [3.8, 4) is 0 Å². The van der Waals surface area contributed by atoms with Crippen molar-refractivity contribution in [3.63, 3.8) is 0 Å². The van der Waals surface area contributed by atoms with Crippen LogP contribution in [0, 0.1) is 5.21 Å². The number of nitrogens with zero attached hydrogens (tertiary/aromatic N) is 1. The summed E-state index contributed by atoms with van der Waals surface area (Å²) in [6, 6.07) is 4.97. The van der Waals surface area contributed by atoms with Gasteiger partial charge in [-0.25, -0.2) is 4.79 Å². The highest BCUT2D eigenvalue weighted by molar-refractivity contribution is 5.86. The normalized spacial score (nSPS) is 11.7. The van der Waals surface area contributed by atoms with Gasteiger partial charge in [-0.2, -0.15) is 4.73 Å². The van der Waals surface area contributed by atoms with Gasteiger partial charge in [0.15, 0.2) is 6.20 Å². The summed E-state index contributed by atoms with van der Waals surface area (Å²) in [6.45, 7) is 5.36. The SMILES string of the molecule is CC(C)(C)OC(=O)/C=C/c1cccc[n+]1[O-]. The molecule has 0 aliphatic rings. The molecule has 0 fully saturated rings. The Labute approximate surface area is 94.7 Å². The van der Waals surface area contributed by atoms with Gasteiger partial charge in [0.2, 0.25) is 5.69 Å². The minimum Gasteiger partial charge on any atom is -0.618 e. The van der Waals surface area contributed by atoms with Crippen LogP contribution in [0.3, 0.4) is 0 Å². The molecule has 0 N–H and O–H groups in total. The molecule has 0 bridgehead atoms. The van der Waals surface area contributed by atoms with Gasteiger partial charge in [-0.05, 0) is 26.8 Å². The first-order valence-electron chi connectivity index (χ1n) is 4.98. The van der Waals surface area contributed by atoms with Crippen LogP contribution in [-0.2, 0) is 9.53 Å². The van der Waals surface area contributed by atoms with Crippen LogP contribution in [0.2, 0.25) is 0 Å². The van der Waals surface area contributed by atoms with Gasteiger partial charge in [0, 0.05) is 24.3 Å². The van der Waals surface area contributed by atoms with Crippen LogP contribution in [0.25, 0.3) is 6.08 Å². The van der Waals surface area contributed by atoms with E-state index in [1.54, 1.807) is 39.0 Å². The Hall–Kier alpha value is -1.84. The monoisotopic (exact) mass is 221 g/mol. The molecule has 0 unspecified atom stereocenters. The molecule has 0 saturated heterocycles. The van der Waals surface area contributed by atoms with E-state index in [0.717, 1.165) is 0 Å². The number of carbonyl (C=O) groups is 1. The van der Waals surface area contributed by atoms with Crippen molar-refractivity contribution in [3.05, 3.63) is 41.4 Å². The van der Waals surface area contributed by atoms with Crippen LogP contribution in [0.15, 0.2) is 30.5 Å². The zero-order valence-electron chi connectivity index (χ0n) is 9.64. The van der Waals surface area contributed by atoms with Crippen molar-refractivity contribution in [2.75, 3.05) is 0 Å². The highest BCUT2D eigenvalue weighted by Crippen LogP contribution is 2.07.